The molecular weight excluding hydrogens is 294 g/mol. The molecule has 23 heavy (non-hydrogen) atoms. The molecule has 0 bridgehead atoms. The number of carboxylic acid groups (broad SMARTS) is 1. The lowest BCUT2D eigenvalue weighted by Crippen LogP contribution is -2.42. The molecule has 1 aliphatic rings. The molecule has 0 spiro atoms. The molecule has 1 amide bonds. The highest BCUT2D eigenvalue weighted by molar-refractivity contribution is 5.94. The number of nitrogens with zero attached hydrogens (tertiary/aromatic N) is 3. The van der Waals surface area contributed by atoms with Gasteiger partial charge in [0.2, 0.25) is 0 Å². The molecule has 1 aromatic carbocycles. The lowest BCUT2D eigenvalue weighted by molar-refractivity contribution is -0.143. The summed E-state index contributed by atoms with van der Waals surface area (Å²) in [7, 11) is 0. The van der Waals surface area contributed by atoms with Crippen molar-refractivity contribution in [3.05, 3.63) is 53.9 Å². The molecule has 0 radical (unpaired) electrons. The molecule has 1 atom stereocenters. The molecule has 1 N–H and O–H groups in total. The normalized spacial score (nSPS) is 17.9. The number of benzene rings is 1. The summed E-state index contributed by atoms with van der Waals surface area (Å²) >= 11 is 0. The summed E-state index contributed by atoms with van der Waals surface area (Å²) in [5, 5.41) is 13.3. The zero-order valence-corrected chi connectivity index (χ0v) is 12.8. The van der Waals surface area contributed by atoms with Crippen LogP contribution in [0.1, 0.15) is 28.8 Å². The SMILES string of the molecule is O=C(O)C1CCCN(C(=O)c2ccc(Cn3cccn3)cc2)C1. The molecule has 2 heterocycles. The van der Waals surface area contributed by atoms with Gasteiger partial charge in [-0.3, -0.25) is 14.3 Å². The van der Waals surface area contributed by atoms with Gasteiger partial charge in [0.15, 0.2) is 0 Å². The Balaban J connectivity index is 1.66. The van der Waals surface area contributed by atoms with Crippen LogP contribution in [0.25, 0.3) is 0 Å². The summed E-state index contributed by atoms with van der Waals surface area (Å²) in [5.74, 6) is -1.37. The van der Waals surface area contributed by atoms with Crippen LogP contribution in [0.15, 0.2) is 42.7 Å². The maximum atomic E-state index is 12.5. The minimum atomic E-state index is -0.822. The summed E-state index contributed by atoms with van der Waals surface area (Å²) in [4.78, 5) is 25.3. The number of carbonyl (C=O) groups excluding carboxylic acids is 1. The van der Waals surface area contributed by atoms with Gasteiger partial charge in [0, 0.05) is 31.0 Å². The minimum Gasteiger partial charge on any atom is -0.481 e. The zero-order valence-electron chi connectivity index (χ0n) is 12.8. The van der Waals surface area contributed by atoms with Gasteiger partial charge in [-0.1, -0.05) is 12.1 Å². The second-order valence-electron chi connectivity index (χ2n) is 5.83. The number of hydrogen-bond acceptors (Lipinski definition) is 3. The quantitative estimate of drug-likeness (QED) is 0.935. The lowest BCUT2D eigenvalue weighted by Gasteiger charge is -2.30. The van der Waals surface area contributed by atoms with E-state index in [0.29, 0.717) is 31.6 Å². The van der Waals surface area contributed by atoms with E-state index in [2.05, 4.69) is 5.10 Å². The Labute approximate surface area is 134 Å². The van der Waals surface area contributed by atoms with Gasteiger partial charge in [0.1, 0.15) is 0 Å². The number of rotatable bonds is 4. The molecule has 1 saturated heterocycles. The molecule has 6 nitrogen and oxygen atoms in total. The molecule has 3 rings (SSSR count). The average Bonchev–Trinajstić information content (AvgIpc) is 3.08. The van der Waals surface area contributed by atoms with Gasteiger partial charge in [-0.15, -0.1) is 0 Å². The van der Waals surface area contributed by atoms with Gasteiger partial charge in [-0.25, -0.2) is 0 Å². The molecule has 2 aromatic rings. The van der Waals surface area contributed by atoms with Gasteiger partial charge in [0.05, 0.1) is 12.5 Å². The van der Waals surface area contributed by atoms with Crippen LogP contribution in [0.5, 0.6) is 0 Å². The molecule has 0 aliphatic carbocycles. The Morgan fingerprint density at radius 1 is 1.26 bits per heavy atom. The number of carboxylic acids is 1. The fraction of sp³-hybridized carbons (Fsp3) is 0.353. The Bertz CT molecular complexity index is 680. The molecule has 1 fully saturated rings. The van der Waals surface area contributed by atoms with Crippen LogP contribution in [0, 0.1) is 5.92 Å². The Kier molecular flexibility index (Phi) is 4.41. The first-order valence-electron chi connectivity index (χ1n) is 7.72. The van der Waals surface area contributed by atoms with Crippen LogP contribution in [-0.2, 0) is 11.3 Å². The van der Waals surface area contributed by atoms with Crippen LogP contribution in [-0.4, -0.2) is 44.8 Å². The third-order valence-corrected chi connectivity index (χ3v) is 4.16. The van der Waals surface area contributed by atoms with E-state index in [1.807, 2.05) is 29.1 Å². The number of hydrogen-bond donors (Lipinski definition) is 1. The van der Waals surface area contributed by atoms with Gasteiger partial charge in [-0.2, -0.15) is 5.10 Å². The van der Waals surface area contributed by atoms with Crippen molar-refractivity contribution in [1.29, 1.82) is 0 Å². The van der Waals surface area contributed by atoms with Gasteiger partial charge in [0.25, 0.3) is 5.91 Å². The van der Waals surface area contributed by atoms with Crippen LogP contribution >= 0.6 is 0 Å². The van der Waals surface area contributed by atoms with Crippen LogP contribution in [0.3, 0.4) is 0 Å². The maximum absolute atomic E-state index is 12.5. The van der Waals surface area contributed by atoms with Crippen molar-refractivity contribution in [1.82, 2.24) is 14.7 Å². The van der Waals surface area contributed by atoms with Crippen molar-refractivity contribution in [3.8, 4) is 0 Å². The smallest absolute Gasteiger partial charge is 0.308 e. The number of likely N-dealkylation sites (tertiary alicyclic amines) is 1. The Hall–Kier alpha value is -2.63. The molecule has 1 aromatic heterocycles. The van der Waals surface area contributed by atoms with E-state index >= 15 is 0 Å². The van der Waals surface area contributed by atoms with Crippen molar-refractivity contribution in [2.45, 2.75) is 19.4 Å². The summed E-state index contributed by atoms with van der Waals surface area (Å²) in [6.45, 7) is 1.58. The predicted molar refractivity (Wildman–Crippen MR) is 84.0 cm³/mol. The topological polar surface area (TPSA) is 75.4 Å². The maximum Gasteiger partial charge on any atom is 0.308 e. The van der Waals surface area contributed by atoms with E-state index in [0.717, 1.165) is 12.0 Å². The molecule has 1 aliphatic heterocycles. The third kappa shape index (κ3) is 3.59. The summed E-state index contributed by atoms with van der Waals surface area (Å²) in [6, 6.07) is 9.28. The highest BCUT2D eigenvalue weighted by Gasteiger charge is 2.28. The zero-order chi connectivity index (χ0) is 16.2. The van der Waals surface area contributed by atoms with E-state index in [9.17, 15) is 9.59 Å². The molecular formula is C17H19N3O3. The molecule has 0 saturated carbocycles. The van der Waals surface area contributed by atoms with E-state index < -0.39 is 11.9 Å². The van der Waals surface area contributed by atoms with Crippen molar-refractivity contribution < 1.29 is 14.7 Å². The summed E-state index contributed by atoms with van der Waals surface area (Å²) < 4.78 is 1.82. The van der Waals surface area contributed by atoms with E-state index in [1.54, 1.807) is 23.2 Å². The monoisotopic (exact) mass is 313 g/mol. The predicted octanol–water partition coefficient (Wildman–Crippen LogP) is 1.87. The first kappa shape index (κ1) is 15.3. The first-order chi connectivity index (χ1) is 11.1. The standard InChI is InChI=1S/C17H19N3O3/c21-16(19-9-1-3-15(12-19)17(22)23)14-6-4-13(5-7-14)11-20-10-2-8-18-20/h2,4-8,10,15H,1,3,9,11-12H2,(H,22,23). The highest BCUT2D eigenvalue weighted by atomic mass is 16.4. The third-order valence-electron chi connectivity index (χ3n) is 4.16. The van der Waals surface area contributed by atoms with E-state index in [-0.39, 0.29) is 5.91 Å². The number of amides is 1. The van der Waals surface area contributed by atoms with Crippen molar-refractivity contribution in [2.75, 3.05) is 13.1 Å². The van der Waals surface area contributed by atoms with Crippen molar-refractivity contribution in [2.24, 2.45) is 5.92 Å². The fourth-order valence-electron chi connectivity index (χ4n) is 2.88. The average molecular weight is 313 g/mol. The van der Waals surface area contributed by atoms with Gasteiger partial charge < -0.3 is 10.0 Å². The van der Waals surface area contributed by atoms with Crippen LogP contribution < -0.4 is 0 Å². The minimum absolute atomic E-state index is 0.0958. The number of aliphatic carboxylic acids is 1. The fourth-order valence-corrected chi connectivity index (χ4v) is 2.88. The summed E-state index contributed by atoms with van der Waals surface area (Å²) in [5.41, 5.74) is 1.66. The second kappa shape index (κ2) is 6.64. The second-order valence-corrected chi connectivity index (χ2v) is 5.83. The molecule has 120 valence electrons. The van der Waals surface area contributed by atoms with Crippen LogP contribution in [0.4, 0.5) is 0 Å². The van der Waals surface area contributed by atoms with E-state index in [4.69, 9.17) is 5.11 Å². The van der Waals surface area contributed by atoms with Crippen molar-refractivity contribution in [3.63, 3.8) is 0 Å². The van der Waals surface area contributed by atoms with E-state index in [1.165, 1.54) is 0 Å². The molecule has 1 unspecified atom stereocenters. The first-order valence-corrected chi connectivity index (χ1v) is 7.72. The summed E-state index contributed by atoms with van der Waals surface area (Å²) in [6.07, 6.45) is 4.99. The number of piperidine rings is 1. The van der Waals surface area contributed by atoms with Crippen LogP contribution in [0.2, 0.25) is 0 Å². The molecule has 6 heteroatoms. The lowest BCUT2D eigenvalue weighted by atomic mass is 9.97. The van der Waals surface area contributed by atoms with Gasteiger partial charge >= 0.3 is 5.97 Å². The Morgan fingerprint density at radius 2 is 2.04 bits per heavy atom. The highest BCUT2D eigenvalue weighted by Crippen LogP contribution is 2.19. The number of carbonyl (C=O) groups is 2. The van der Waals surface area contributed by atoms with Gasteiger partial charge in [-0.05, 0) is 36.6 Å². The Morgan fingerprint density at radius 3 is 2.70 bits per heavy atom. The number of aromatic nitrogens is 2. The van der Waals surface area contributed by atoms with Crippen molar-refractivity contribution >= 4 is 11.9 Å². The largest absolute Gasteiger partial charge is 0.481 e.